The highest BCUT2D eigenvalue weighted by Crippen LogP contribution is 2.43. The highest BCUT2D eigenvalue weighted by molar-refractivity contribution is 6.06. The molecule has 3 atom stereocenters. The van der Waals surface area contributed by atoms with Crippen LogP contribution in [-0.2, 0) is 21.8 Å². The van der Waals surface area contributed by atoms with Crippen LogP contribution in [0, 0.1) is 5.82 Å². The van der Waals surface area contributed by atoms with Crippen LogP contribution in [0.2, 0.25) is 0 Å². The van der Waals surface area contributed by atoms with Crippen molar-refractivity contribution in [1.29, 1.82) is 0 Å². The number of carbonyl (C=O) groups excluding carboxylic acids is 1. The van der Waals surface area contributed by atoms with Crippen molar-refractivity contribution in [1.82, 2.24) is 0 Å². The molecule has 3 unspecified atom stereocenters. The van der Waals surface area contributed by atoms with Crippen LogP contribution in [0.4, 0.5) is 49.6 Å². The molecule has 14 heteroatoms. The summed E-state index contributed by atoms with van der Waals surface area (Å²) in [4.78, 5) is 13.6. The van der Waals surface area contributed by atoms with Crippen molar-refractivity contribution in [2.75, 3.05) is 11.4 Å². The number of amides is 1. The summed E-state index contributed by atoms with van der Waals surface area (Å²) < 4.78 is 144. The van der Waals surface area contributed by atoms with Gasteiger partial charge in [-0.25, -0.2) is 4.39 Å². The van der Waals surface area contributed by atoms with Gasteiger partial charge in [0.2, 0.25) is 0 Å². The standard InChI is InChI=1S/C26H17F10NO3/c27-18-8-3-9-19(12-18)37(22(38)15-5-2-7-17(11-15)25(31,32)33)13-20(26(34,35)36)39-23-21(40-23)14-4-1-6-16(10-14)24(28,29)30/h1-12,20-21,23H,13H2. The molecule has 4 rings (SSSR count). The minimum Gasteiger partial charge on any atom is -0.336 e. The molecule has 0 aliphatic carbocycles. The largest absolute Gasteiger partial charge is 0.416 e. The van der Waals surface area contributed by atoms with Crippen molar-refractivity contribution in [2.24, 2.45) is 0 Å². The Morgan fingerprint density at radius 3 is 2.02 bits per heavy atom. The van der Waals surface area contributed by atoms with Crippen LogP contribution in [0.3, 0.4) is 0 Å². The number of anilines is 1. The molecule has 1 heterocycles. The molecular weight excluding hydrogens is 564 g/mol. The lowest BCUT2D eigenvalue weighted by molar-refractivity contribution is -0.227. The lowest BCUT2D eigenvalue weighted by Crippen LogP contribution is -2.46. The summed E-state index contributed by atoms with van der Waals surface area (Å²) in [5.41, 5.74) is -3.45. The third-order valence-electron chi connectivity index (χ3n) is 5.81. The summed E-state index contributed by atoms with van der Waals surface area (Å²) in [6.45, 7) is -1.34. The van der Waals surface area contributed by atoms with Gasteiger partial charge in [0.15, 0.2) is 12.4 Å². The molecule has 0 spiro atoms. The molecule has 1 fully saturated rings. The minimum absolute atomic E-state index is 0.109. The molecule has 0 saturated carbocycles. The first kappa shape index (κ1) is 29.3. The number of benzene rings is 3. The smallest absolute Gasteiger partial charge is 0.336 e. The zero-order valence-electron chi connectivity index (χ0n) is 19.8. The number of halogens is 10. The molecule has 1 aliphatic heterocycles. The molecule has 0 aromatic heterocycles. The van der Waals surface area contributed by atoms with Crippen molar-refractivity contribution in [3.8, 4) is 0 Å². The monoisotopic (exact) mass is 581 g/mol. The van der Waals surface area contributed by atoms with Crippen LogP contribution in [0.1, 0.15) is 33.2 Å². The van der Waals surface area contributed by atoms with Crippen molar-refractivity contribution in [3.63, 3.8) is 0 Å². The Labute approximate surface area is 219 Å². The van der Waals surface area contributed by atoms with Gasteiger partial charge in [0.05, 0.1) is 17.7 Å². The third kappa shape index (κ3) is 6.91. The highest BCUT2D eigenvalue weighted by Gasteiger charge is 2.51. The SMILES string of the molecule is O=C(c1cccc(C(F)(F)F)c1)N(CC(OC1OC1c1cccc(C(F)(F)F)c1)C(F)(F)F)c1cccc(F)c1. The molecule has 3 aromatic carbocycles. The highest BCUT2D eigenvalue weighted by atomic mass is 19.4. The van der Waals surface area contributed by atoms with E-state index in [0.717, 1.165) is 42.5 Å². The van der Waals surface area contributed by atoms with Crippen molar-refractivity contribution >= 4 is 11.6 Å². The van der Waals surface area contributed by atoms with Gasteiger partial charge in [-0.15, -0.1) is 0 Å². The summed E-state index contributed by atoms with van der Waals surface area (Å²) in [6.07, 6.45) is -20.5. The first-order valence-corrected chi connectivity index (χ1v) is 11.3. The summed E-state index contributed by atoms with van der Waals surface area (Å²) in [6, 6.07) is 10.4. The van der Waals surface area contributed by atoms with Crippen molar-refractivity contribution in [3.05, 3.63) is 101 Å². The lowest BCUT2D eigenvalue weighted by Gasteiger charge is -2.29. The van der Waals surface area contributed by atoms with E-state index in [-0.39, 0.29) is 5.56 Å². The van der Waals surface area contributed by atoms with Gasteiger partial charge in [-0.1, -0.05) is 24.3 Å². The molecular formula is C26H17F10NO3. The second-order valence-corrected chi connectivity index (χ2v) is 8.69. The average Bonchev–Trinajstić information content (AvgIpc) is 3.64. The average molecular weight is 581 g/mol. The van der Waals surface area contributed by atoms with E-state index in [0.29, 0.717) is 29.2 Å². The molecule has 4 nitrogen and oxygen atoms in total. The molecule has 0 N–H and O–H groups in total. The van der Waals surface area contributed by atoms with Gasteiger partial charge in [0.1, 0.15) is 11.9 Å². The number of carbonyl (C=O) groups is 1. The summed E-state index contributed by atoms with van der Waals surface area (Å²) >= 11 is 0. The normalized spacial score (nSPS) is 18.4. The fourth-order valence-corrected chi connectivity index (χ4v) is 3.82. The third-order valence-corrected chi connectivity index (χ3v) is 5.81. The van der Waals surface area contributed by atoms with Gasteiger partial charge in [-0.05, 0) is 54.1 Å². The maximum Gasteiger partial charge on any atom is 0.416 e. The second kappa shape index (κ2) is 10.7. The van der Waals surface area contributed by atoms with Gasteiger partial charge in [-0.2, -0.15) is 39.5 Å². The Kier molecular flexibility index (Phi) is 7.87. The lowest BCUT2D eigenvalue weighted by atomic mass is 10.1. The van der Waals surface area contributed by atoms with Gasteiger partial charge in [-0.3, -0.25) is 4.79 Å². The molecule has 214 valence electrons. The van der Waals surface area contributed by atoms with Crippen LogP contribution in [0.15, 0.2) is 72.8 Å². The number of ether oxygens (including phenoxy) is 2. The number of hydrogen-bond donors (Lipinski definition) is 0. The Balaban J connectivity index is 1.61. The molecule has 3 aromatic rings. The van der Waals surface area contributed by atoms with Crippen LogP contribution in [0.5, 0.6) is 0 Å². The van der Waals surface area contributed by atoms with Gasteiger partial charge >= 0.3 is 18.5 Å². The topological polar surface area (TPSA) is 42.1 Å². The first-order chi connectivity index (χ1) is 18.5. The molecule has 1 amide bonds. The number of rotatable bonds is 7. The van der Waals surface area contributed by atoms with E-state index in [2.05, 4.69) is 0 Å². The maximum absolute atomic E-state index is 14.0. The van der Waals surface area contributed by atoms with Crippen LogP contribution < -0.4 is 4.90 Å². The maximum atomic E-state index is 14.0. The predicted molar refractivity (Wildman–Crippen MR) is 120 cm³/mol. The fraction of sp³-hybridized carbons (Fsp3) is 0.269. The molecule has 1 saturated heterocycles. The van der Waals surface area contributed by atoms with E-state index in [9.17, 15) is 48.7 Å². The van der Waals surface area contributed by atoms with Crippen LogP contribution in [0.25, 0.3) is 0 Å². The zero-order chi connectivity index (χ0) is 29.5. The number of nitrogens with zero attached hydrogens (tertiary/aromatic N) is 1. The van der Waals surface area contributed by atoms with E-state index in [4.69, 9.17) is 9.47 Å². The van der Waals surface area contributed by atoms with E-state index < -0.39 is 77.7 Å². The minimum atomic E-state index is -5.18. The van der Waals surface area contributed by atoms with Gasteiger partial charge < -0.3 is 14.4 Å². The van der Waals surface area contributed by atoms with Crippen LogP contribution >= 0.6 is 0 Å². The Bertz CT molecular complexity index is 1370. The van der Waals surface area contributed by atoms with Gasteiger partial charge in [0, 0.05) is 11.3 Å². The van der Waals surface area contributed by atoms with E-state index in [1.54, 1.807) is 0 Å². The number of epoxide rings is 1. The zero-order valence-corrected chi connectivity index (χ0v) is 19.8. The predicted octanol–water partition coefficient (Wildman–Crippen LogP) is 7.56. The van der Waals surface area contributed by atoms with Crippen LogP contribution in [-0.4, -0.2) is 31.0 Å². The molecule has 40 heavy (non-hydrogen) atoms. The summed E-state index contributed by atoms with van der Waals surface area (Å²) in [7, 11) is 0. The Morgan fingerprint density at radius 2 is 1.43 bits per heavy atom. The van der Waals surface area contributed by atoms with Crippen molar-refractivity contribution in [2.45, 2.75) is 37.0 Å². The van der Waals surface area contributed by atoms with Crippen molar-refractivity contribution < 1.29 is 58.2 Å². The van der Waals surface area contributed by atoms with E-state index >= 15 is 0 Å². The van der Waals surface area contributed by atoms with E-state index in [1.165, 1.54) is 6.07 Å². The van der Waals surface area contributed by atoms with Gasteiger partial charge in [0.25, 0.3) is 5.91 Å². The summed E-state index contributed by atoms with van der Waals surface area (Å²) in [5, 5.41) is 0. The quantitative estimate of drug-likeness (QED) is 0.214. The van der Waals surface area contributed by atoms with E-state index in [1.807, 2.05) is 0 Å². The summed E-state index contributed by atoms with van der Waals surface area (Å²) in [5.74, 6) is -2.26. The first-order valence-electron chi connectivity index (χ1n) is 11.3. The Hall–Kier alpha value is -3.65. The fourth-order valence-electron chi connectivity index (χ4n) is 3.82. The molecule has 0 bridgehead atoms. The number of hydrogen-bond acceptors (Lipinski definition) is 3. The Morgan fingerprint density at radius 1 is 0.825 bits per heavy atom. The molecule has 0 radical (unpaired) electrons. The number of alkyl halides is 9. The second-order valence-electron chi connectivity index (χ2n) is 8.69. The molecule has 1 aliphatic rings.